The van der Waals surface area contributed by atoms with Gasteiger partial charge in [0.1, 0.15) is 18.1 Å². The molecule has 0 spiro atoms. The lowest BCUT2D eigenvalue weighted by Crippen LogP contribution is -2.17. The van der Waals surface area contributed by atoms with Crippen LogP contribution in [0.5, 0.6) is 11.5 Å². The second kappa shape index (κ2) is 10.1. The number of aryl methyl sites for hydroxylation is 1. The first-order chi connectivity index (χ1) is 14.4. The monoisotopic (exact) mass is 416 g/mol. The van der Waals surface area contributed by atoms with Crippen molar-refractivity contribution >= 4 is 0 Å². The Kier molecular flexibility index (Phi) is 7.27. The van der Waals surface area contributed by atoms with Gasteiger partial charge in [-0.2, -0.15) is 0 Å². The van der Waals surface area contributed by atoms with Crippen LogP contribution in [-0.4, -0.2) is 16.3 Å². The van der Waals surface area contributed by atoms with E-state index < -0.39 is 6.36 Å². The minimum atomic E-state index is -4.70. The molecule has 0 amide bonds. The third-order valence-electron chi connectivity index (χ3n) is 4.45. The normalized spacial score (nSPS) is 11.3. The van der Waals surface area contributed by atoms with Gasteiger partial charge >= 0.3 is 6.36 Å². The molecule has 0 N–H and O–H groups in total. The Labute approximate surface area is 173 Å². The predicted octanol–water partition coefficient (Wildman–Crippen LogP) is 6.35. The van der Waals surface area contributed by atoms with Crippen molar-refractivity contribution < 1.29 is 22.6 Å². The molecule has 0 aliphatic rings. The molecule has 158 valence electrons. The van der Waals surface area contributed by atoms with Crippen molar-refractivity contribution in [3.8, 4) is 22.9 Å². The van der Waals surface area contributed by atoms with E-state index in [4.69, 9.17) is 4.74 Å². The van der Waals surface area contributed by atoms with Crippen molar-refractivity contribution in [3.63, 3.8) is 0 Å². The van der Waals surface area contributed by atoms with Gasteiger partial charge in [0.05, 0.1) is 0 Å². The Morgan fingerprint density at radius 2 is 1.43 bits per heavy atom. The van der Waals surface area contributed by atoms with E-state index in [1.165, 1.54) is 37.1 Å². The fourth-order valence-electron chi connectivity index (χ4n) is 2.87. The van der Waals surface area contributed by atoms with Gasteiger partial charge in [-0.1, -0.05) is 31.9 Å². The van der Waals surface area contributed by atoms with Gasteiger partial charge < -0.3 is 9.47 Å². The largest absolute Gasteiger partial charge is 0.573 e. The number of rotatable bonds is 9. The van der Waals surface area contributed by atoms with Crippen LogP contribution in [0.25, 0.3) is 11.4 Å². The smallest absolute Gasteiger partial charge is 0.489 e. The van der Waals surface area contributed by atoms with Crippen LogP contribution in [0.4, 0.5) is 13.2 Å². The molecule has 2 aromatic carbocycles. The molecule has 7 heteroatoms. The van der Waals surface area contributed by atoms with E-state index in [0.29, 0.717) is 11.6 Å². The van der Waals surface area contributed by atoms with Gasteiger partial charge in [0.15, 0.2) is 5.82 Å². The number of aromatic nitrogens is 2. The molecular formula is C23H23F3N2O2. The summed E-state index contributed by atoms with van der Waals surface area (Å²) in [4.78, 5) is 8.88. The number of hydrogen-bond donors (Lipinski definition) is 0. The number of ether oxygens (including phenoxy) is 2. The second-order valence-corrected chi connectivity index (χ2v) is 6.88. The van der Waals surface area contributed by atoms with Gasteiger partial charge in [0.25, 0.3) is 0 Å². The number of unbranched alkanes of at least 4 members (excludes halogenated alkanes) is 2. The highest BCUT2D eigenvalue weighted by molar-refractivity contribution is 5.55. The Morgan fingerprint density at radius 1 is 0.800 bits per heavy atom. The quantitative estimate of drug-likeness (QED) is 0.381. The molecule has 0 saturated carbocycles. The lowest BCUT2D eigenvalue weighted by Gasteiger charge is -2.10. The number of alkyl halides is 3. The van der Waals surface area contributed by atoms with Gasteiger partial charge in [0, 0.05) is 18.0 Å². The van der Waals surface area contributed by atoms with Crippen molar-refractivity contribution in [2.24, 2.45) is 0 Å². The number of benzene rings is 2. The summed E-state index contributed by atoms with van der Waals surface area (Å²) in [5.74, 6) is 1.04. The molecule has 0 bridgehead atoms. The van der Waals surface area contributed by atoms with Crippen LogP contribution in [0.15, 0.2) is 60.9 Å². The zero-order chi connectivity index (χ0) is 21.4. The molecule has 0 unspecified atom stereocenters. The Hall–Kier alpha value is -3.09. The average molecular weight is 416 g/mol. The van der Waals surface area contributed by atoms with Crippen LogP contribution in [0.1, 0.15) is 37.3 Å². The highest BCUT2D eigenvalue weighted by Crippen LogP contribution is 2.24. The summed E-state index contributed by atoms with van der Waals surface area (Å²) in [5.41, 5.74) is 2.76. The summed E-state index contributed by atoms with van der Waals surface area (Å²) in [6, 6.07) is 13.0. The number of hydrogen-bond acceptors (Lipinski definition) is 4. The van der Waals surface area contributed by atoms with Gasteiger partial charge in [-0.05, 0) is 60.4 Å². The maximum absolute atomic E-state index is 12.2. The predicted molar refractivity (Wildman–Crippen MR) is 108 cm³/mol. The van der Waals surface area contributed by atoms with Crippen LogP contribution >= 0.6 is 0 Å². The molecule has 0 aliphatic heterocycles. The van der Waals surface area contributed by atoms with E-state index in [2.05, 4.69) is 21.6 Å². The van der Waals surface area contributed by atoms with Gasteiger partial charge in [-0.15, -0.1) is 13.2 Å². The van der Waals surface area contributed by atoms with E-state index in [9.17, 15) is 13.2 Å². The lowest BCUT2D eigenvalue weighted by atomic mass is 10.1. The lowest BCUT2D eigenvalue weighted by molar-refractivity contribution is -0.274. The summed E-state index contributed by atoms with van der Waals surface area (Å²) in [7, 11) is 0. The van der Waals surface area contributed by atoms with Crippen molar-refractivity contribution in [1.82, 2.24) is 9.97 Å². The van der Waals surface area contributed by atoms with Crippen LogP contribution in [0.3, 0.4) is 0 Å². The van der Waals surface area contributed by atoms with E-state index in [-0.39, 0.29) is 12.4 Å². The summed E-state index contributed by atoms with van der Waals surface area (Å²) in [5, 5.41) is 0. The van der Waals surface area contributed by atoms with E-state index in [1.54, 1.807) is 0 Å². The van der Waals surface area contributed by atoms with Crippen molar-refractivity contribution in [2.45, 2.75) is 45.6 Å². The first-order valence-electron chi connectivity index (χ1n) is 9.82. The zero-order valence-electron chi connectivity index (χ0n) is 16.7. The number of halogens is 3. The summed E-state index contributed by atoms with van der Waals surface area (Å²) >= 11 is 0. The van der Waals surface area contributed by atoms with Crippen LogP contribution < -0.4 is 9.47 Å². The Bertz CT molecular complexity index is 909. The minimum absolute atomic E-state index is 0.231. The van der Waals surface area contributed by atoms with E-state index >= 15 is 0 Å². The van der Waals surface area contributed by atoms with E-state index in [0.717, 1.165) is 29.5 Å². The van der Waals surface area contributed by atoms with Gasteiger partial charge in [-0.3, -0.25) is 0 Å². The van der Waals surface area contributed by atoms with Gasteiger partial charge in [-0.25, -0.2) is 9.97 Å². The molecule has 3 rings (SSSR count). The van der Waals surface area contributed by atoms with Crippen LogP contribution in [0.2, 0.25) is 0 Å². The van der Waals surface area contributed by atoms with Crippen molar-refractivity contribution in [1.29, 1.82) is 0 Å². The summed E-state index contributed by atoms with van der Waals surface area (Å²) in [6.45, 7) is 2.41. The molecule has 0 radical (unpaired) electrons. The topological polar surface area (TPSA) is 44.2 Å². The molecular weight excluding hydrogens is 393 g/mol. The molecule has 0 aliphatic carbocycles. The first kappa shape index (κ1) is 21.6. The van der Waals surface area contributed by atoms with Crippen LogP contribution in [-0.2, 0) is 13.0 Å². The zero-order valence-corrected chi connectivity index (χ0v) is 16.7. The highest BCUT2D eigenvalue weighted by Gasteiger charge is 2.30. The summed E-state index contributed by atoms with van der Waals surface area (Å²) in [6.07, 6.45) is 3.56. The highest BCUT2D eigenvalue weighted by atomic mass is 19.4. The molecule has 4 nitrogen and oxygen atoms in total. The molecule has 1 heterocycles. The molecule has 3 aromatic rings. The minimum Gasteiger partial charge on any atom is -0.489 e. The molecule has 30 heavy (non-hydrogen) atoms. The SMILES string of the molecule is CCCCCc1cnc(-c2ccc(OCc3ccc(OC(F)(F)F)cc3)cc2)nc1. The molecule has 1 aromatic heterocycles. The van der Waals surface area contributed by atoms with Crippen molar-refractivity contribution in [2.75, 3.05) is 0 Å². The standard InChI is InChI=1S/C23H23F3N2O2/c1-2-3-4-5-18-14-27-22(28-15-18)19-8-12-20(13-9-19)29-16-17-6-10-21(11-7-17)30-23(24,25)26/h6-15H,2-5,16H2,1H3. The number of nitrogens with zero attached hydrogens (tertiary/aromatic N) is 2. The fourth-order valence-corrected chi connectivity index (χ4v) is 2.87. The maximum Gasteiger partial charge on any atom is 0.573 e. The van der Waals surface area contributed by atoms with Crippen LogP contribution in [0, 0.1) is 0 Å². The molecule has 0 fully saturated rings. The average Bonchev–Trinajstić information content (AvgIpc) is 2.73. The molecule has 0 atom stereocenters. The third-order valence-corrected chi connectivity index (χ3v) is 4.45. The first-order valence-corrected chi connectivity index (χ1v) is 9.82. The second-order valence-electron chi connectivity index (χ2n) is 6.88. The van der Waals surface area contributed by atoms with E-state index in [1.807, 2.05) is 36.7 Å². The Morgan fingerprint density at radius 3 is 2.03 bits per heavy atom. The summed E-state index contributed by atoms with van der Waals surface area (Å²) < 4.78 is 46.1. The maximum atomic E-state index is 12.2. The third kappa shape index (κ3) is 6.76. The fraction of sp³-hybridized carbons (Fsp3) is 0.304. The molecule has 0 saturated heterocycles. The van der Waals surface area contributed by atoms with Gasteiger partial charge in [0.2, 0.25) is 0 Å². The van der Waals surface area contributed by atoms with Crippen molar-refractivity contribution in [3.05, 3.63) is 72.1 Å². The Balaban J connectivity index is 1.53.